The van der Waals surface area contributed by atoms with Crippen LogP contribution >= 0.6 is 11.3 Å². The zero-order chi connectivity index (χ0) is 16.7. The third kappa shape index (κ3) is 4.69. The molecular weight excluding hydrogens is 308 g/mol. The second-order valence-electron chi connectivity index (χ2n) is 5.52. The van der Waals surface area contributed by atoms with Gasteiger partial charge in [-0.05, 0) is 45.0 Å². The van der Waals surface area contributed by atoms with Crippen LogP contribution in [0.5, 0.6) is 5.75 Å². The van der Waals surface area contributed by atoms with Gasteiger partial charge in [-0.25, -0.2) is 0 Å². The fraction of sp³-hybridized carbons (Fsp3) is 0.500. The number of aromatic amines is 1. The maximum absolute atomic E-state index is 12.0. The number of H-pyrrole nitrogens is 1. The van der Waals surface area contributed by atoms with E-state index in [0.29, 0.717) is 6.61 Å². The summed E-state index contributed by atoms with van der Waals surface area (Å²) >= 11 is 1.31. The molecular formula is C18H26N2O2S. The summed E-state index contributed by atoms with van der Waals surface area (Å²) in [4.78, 5) is 18.5. The standard InChI is InChI=1S/C18H26N2O2S/c1-4-11-20(12-5-2)13-16-17(19-18(21)23-16)14-9-7-8-10-15(14)22-6-3/h7-10H,4-6,11-13H2,1-3H3,(H,19,21). The van der Waals surface area contributed by atoms with Crippen LogP contribution in [0.4, 0.5) is 0 Å². The van der Waals surface area contributed by atoms with E-state index in [9.17, 15) is 4.79 Å². The SMILES string of the molecule is CCCN(CCC)Cc1sc(=O)[nH]c1-c1ccccc1OCC. The van der Waals surface area contributed by atoms with E-state index in [0.717, 1.165) is 54.4 Å². The Hall–Kier alpha value is -1.59. The van der Waals surface area contributed by atoms with E-state index < -0.39 is 0 Å². The van der Waals surface area contributed by atoms with Crippen LogP contribution in [-0.2, 0) is 6.54 Å². The first kappa shape index (κ1) is 17.8. The third-order valence-corrected chi connectivity index (χ3v) is 4.49. The van der Waals surface area contributed by atoms with Gasteiger partial charge >= 0.3 is 4.87 Å². The Labute approximate surface area is 142 Å². The first-order chi connectivity index (χ1) is 11.2. The van der Waals surface area contributed by atoms with Crippen LogP contribution in [0.25, 0.3) is 11.3 Å². The predicted octanol–water partition coefficient (Wildman–Crippen LogP) is 4.12. The van der Waals surface area contributed by atoms with Gasteiger partial charge in [-0.1, -0.05) is 37.3 Å². The smallest absolute Gasteiger partial charge is 0.305 e. The van der Waals surface area contributed by atoms with E-state index in [2.05, 4.69) is 23.7 Å². The number of hydrogen-bond donors (Lipinski definition) is 1. The number of nitrogens with one attached hydrogen (secondary N) is 1. The van der Waals surface area contributed by atoms with E-state index >= 15 is 0 Å². The molecule has 0 spiro atoms. The van der Waals surface area contributed by atoms with Gasteiger partial charge in [-0.3, -0.25) is 9.69 Å². The first-order valence-corrected chi connectivity index (χ1v) is 9.17. The molecule has 0 aliphatic carbocycles. The molecule has 1 aromatic heterocycles. The normalized spacial score (nSPS) is 11.1. The van der Waals surface area contributed by atoms with Crippen LogP contribution in [0.15, 0.2) is 29.1 Å². The molecule has 2 rings (SSSR count). The molecule has 0 amide bonds. The predicted molar refractivity (Wildman–Crippen MR) is 97.4 cm³/mol. The van der Waals surface area contributed by atoms with E-state index in [-0.39, 0.29) is 4.87 Å². The van der Waals surface area contributed by atoms with Crippen molar-refractivity contribution in [3.05, 3.63) is 38.8 Å². The number of thiazole rings is 1. The van der Waals surface area contributed by atoms with Gasteiger partial charge < -0.3 is 9.72 Å². The molecule has 1 N–H and O–H groups in total. The van der Waals surface area contributed by atoms with Crippen molar-refractivity contribution >= 4 is 11.3 Å². The molecule has 0 unspecified atom stereocenters. The molecule has 23 heavy (non-hydrogen) atoms. The van der Waals surface area contributed by atoms with Gasteiger partial charge in [0.25, 0.3) is 0 Å². The Morgan fingerprint density at radius 2 is 1.83 bits per heavy atom. The second kappa shape index (κ2) is 8.89. The monoisotopic (exact) mass is 334 g/mol. The molecule has 4 nitrogen and oxygen atoms in total. The van der Waals surface area contributed by atoms with Crippen molar-refractivity contribution in [3.8, 4) is 17.0 Å². The van der Waals surface area contributed by atoms with Crippen molar-refractivity contribution < 1.29 is 4.74 Å². The Bertz CT molecular complexity index is 657. The Kier molecular flexibility index (Phi) is 6.86. The van der Waals surface area contributed by atoms with E-state index in [1.807, 2.05) is 31.2 Å². The molecule has 1 heterocycles. The lowest BCUT2D eigenvalue weighted by Crippen LogP contribution is -2.24. The minimum Gasteiger partial charge on any atom is -0.493 e. The summed E-state index contributed by atoms with van der Waals surface area (Å²) in [7, 11) is 0. The van der Waals surface area contributed by atoms with Crippen molar-refractivity contribution in [2.45, 2.75) is 40.2 Å². The average molecular weight is 334 g/mol. The second-order valence-corrected chi connectivity index (χ2v) is 6.59. The molecule has 0 radical (unpaired) electrons. The van der Waals surface area contributed by atoms with Gasteiger partial charge in [0.2, 0.25) is 0 Å². The Morgan fingerprint density at radius 3 is 2.48 bits per heavy atom. The fourth-order valence-corrected chi connectivity index (χ4v) is 3.64. The Morgan fingerprint density at radius 1 is 1.13 bits per heavy atom. The highest BCUT2D eigenvalue weighted by atomic mass is 32.1. The minimum absolute atomic E-state index is 0.00533. The molecule has 1 aromatic carbocycles. The molecule has 126 valence electrons. The minimum atomic E-state index is -0.00533. The summed E-state index contributed by atoms with van der Waals surface area (Å²) in [5, 5.41) is 0. The number of aromatic nitrogens is 1. The third-order valence-electron chi connectivity index (χ3n) is 3.62. The number of benzene rings is 1. The van der Waals surface area contributed by atoms with Gasteiger partial charge in [-0.2, -0.15) is 0 Å². The summed E-state index contributed by atoms with van der Waals surface area (Å²) in [6.45, 7) is 9.86. The zero-order valence-electron chi connectivity index (χ0n) is 14.2. The lowest BCUT2D eigenvalue weighted by molar-refractivity contribution is 0.269. The van der Waals surface area contributed by atoms with Gasteiger partial charge in [0, 0.05) is 17.0 Å². The summed E-state index contributed by atoms with van der Waals surface area (Å²) < 4.78 is 5.72. The van der Waals surface area contributed by atoms with Crippen molar-refractivity contribution in [2.75, 3.05) is 19.7 Å². The number of rotatable bonds is 9. The lowest BCUT2D eigenvalue weighted by Gasteiger charge is -2.20. The lowest BCUT2D eigenvalue weighted by atomic mass is 10.1. The summed E-state index contributed by atoms with van der Waals surface area (Å²) in [6.07, 6.45) is 2.23. The summed E-state index contributed by atoms with van der Waals surface area (Å²) in [5.41, 5.74) is 1.87. The maximum Gasteiger partial charge on any atom is 0.305 e. The fourth-order valence-electron chi connectivity index (χ4n) is 2.75. The van der Waals surface area contributed by atoms with Gasteiger partial charge in [0.05, 0.1) is 12.3 Å². The molecule has 0 aliphatic rings. The van der Waals surface area contributed by atoms with Crippen LogP contribution < -0.4 is 9.61 Å². The molecule has 5 heteroatoms. The van der Waals surface area contributed by atoms with Crippen LogP contribution in [0.1, 0.15) is 38.5 Å². The van der Waals surface area contributed by atoms with Gasteiger partial charge in [0.1, 0.15) is 5.75 Å². The van der Waals surface area contributed by atoms with Crippen molar-refractivity contribution in [1.29, 1.82) is 0 Å². The molecule has 0 saturated heterocycles. The van der Waals surface area contributed by atoms with Crippen molar-refractivity contribution in [2.24, 2.45) is 0 Å². The molecule has 2 aromatic rings. The van der Waals surface area contributed by atoms with Crippen LogP contribution in [0.2, 0.25) is 0 Å². The highest BCUT2D eigenvalue weighted by molar-refractivity contribution is 7.09. The van der Waals surface area contributed by atoms with E-state index in [1.165, 1.54) is 11.3 Å². The molecule has 0 bridgehead atoms. The quantitative estimate of drug-likeness (QED) is 0.750. The Balaban J connectivity index is 2.35. The van der Waals surface area contributed by atoms with Gasteiger partial charge in [0.15, 0.2) is 0 Å². The molecule has 0 fully saturated rings. The van der Waals surface area contributed by atoms with Crippen molar-refractivity contribution in [3.63, 3.8) is 0 Å². The molecule has 0 saturated carbocycles. The summed E-state index contributed by atoms with van der Waals surface area (Å²) in [6, 6.07) is 7.90. The zero-order valence-corrected chi connectivity index (χ0v) is 15.0. The highest BCUT2D eigenvalue weighted by Gasteiger charge is 2.16. The molecule has 0 aliphatic heterocycles. The largest absolute Gasteiger partial charge is 0.493 e. The molecule has 0 atom stereocenters. The number of nitrogens with zero attached hydrogens (tertiary/aromatic N) is 1. The number of ether oxygens (including phenoxy) is 1. The van der Waals surface area contributed by atoms with E-state index in [4.69, 9.17) is 4.74 Å². The van der Waals surface area contributed by atoms with Crippen LogP contribution in [0.3, 0.4) is 0 Å². The maximum atomic E-state index is 12.0. The summed E-state index contributed by atoms with van der Waals surface area (Å²) in [5.74, 6) is 0.822. The highest BCUT2D eigenvalue weighted by Crippen LogP contribution is 2.32. The number of para-hydroxylation sites is 1. The van der Waals surface area contributed by atoms with Gasteiger partial charge in [-0.15, -0.1) is 0 Å². The first-order valence-electron chi connectivity index (χ1n) is 8.36. The average Bonchev–Trinajstić information content (AvgIpc) is 2.89. The number of hydrogen-bond acceptors (Lipinski definition) is 4. The van der Waals surface area contributed by atoms with Crippen LogP contribution in [-0.4, -0.2) is 29.6 Å². The topological polar surface area (TPSA) is 45.3 Å². The van der Waals surface area contributed by atoms with Crippen LogP contribution in [0, 0.1) is 0 Å². The van der Waals surface area contributed by atoms with E-state index in [1.54, 1.807) is 0 Å². The van der Waals surface area contributed by atoms with Crippen molar-refractivity contribution in [1.82, 2.24) is 9.88 Å².